The fraction of sp³-hybridized carbons (Fsp3) is 0.0769. The van der Waals surface area contributed by atoms with E-state index in [-0.39, 0.29) is 0 Å². The average Bonchev–Trinajstić information content (AvgIpc) is 2.35. The highest BCUT2D eigenvalue weighted by molar-refractivity contribution is 8.00. The highest BCUT2D eigenvalue weighted by atomic mass is 35.5. The van der Waals surface area contributed by atoms with Crippen LogP contribution in [0.15, 0.2) is 47.4 Å². The van der Waals surface area contributed by atoms with E-state index in [0.29, 0.717) is 21.0 Å². The molecule has 0 aromatic heterocycles. The molecule has 0 aliphatic rings. The molecule has 0 heterocycles. The molecule has 0 aliphatic heterocycles. The fourth-order valence-electron chi connectivity index (χ4n) is 1.35. The topological polar surface area (TPSA) is 9.23 Å². The summed E-state index contributed by atoms with van der Waals surface area (Å²) in [4.78, 5) is 1.10. The zero-order chi connectivity index (χ0) is 13.0. The predicted octanol–water partition coefficient (Wildman–Crippen LogP) is 6.07. The average molecular weight is 320 g/mol. The zero-order valence-electron chi connectivity index (χ0n) is 9.20. The van der Waals surface area contributed by atoms with E-state index in [1.807, 2.05) is 24.3 Å². The smallest absolute Gasteiger partial charge is 0.146 e. The van der Waals surface area contributed by atoms with Crippen molar-refractivity contribution in [1.29, 1.82) is 0 Å². The molecular formula is C13H9Cl3OS. The number of halogens is 3. The lowest BCUT2D eigenvalue weighted by Crippen LogP contribution is -1.85. The Morgan fingerprint density at radius 1 is 1.00 bits per heavy atom. The van der Waals surface area contributed by atoms with Crippen molar-refractivity contribution in [2.75, 3.05) is 5.21 Å². The molecule has 0 atom stereocenters. The number of thioether (sulfide) groups is 1. The van der Waals surface area contributed by atoms with E-state index in [1.54, 1.807) is 30.0 Å². The zero-order valence-corrected chi connectivity index (χ0v) is 12.3. The molecule has 0 saturated carbocycles. The normalized spacial score (nSPS) is 10.4. The minimum absolute atomic E-state index is 0.488. The van der Waals surface area contributed by atoms with E-state index >= 15 is 0 Å². The van der Waals surface area contributed by atoms with Gasteiger partial charge in [0.25, 0.3) is 0 Å². The minimum Gasteiger partial charge on any atom is -0.456 e. The maximum absolute atomic E-state index is 6.03. The van der Waals surface area contributed by atoms with Crippen molar-refractivity contribution in [2.24, 2.45) is 0 Å². The summed E-state index contributed by atoms with van der Waals surface area (Å²) >= 11 is 19.1. The van der Waals surface area contributed by atoms with E-state index in [9.17, 15) is 0 Å². The Morgan fingerprint density at radius 2 is 1.72 bits per heavy atom. The van der Waals surface area contributed by atoms with Gasteiger partial charge >= 0.3 is 0 Å². The van der Waals surface area contributed by atoms with Gasteiger partial charge in [-0.25, -0.2) is 0 Å². The van der Waals surface area contributed by atoms with Crippen molar-refractivity contribution in [1.82, 2.24) is 0 Å². The number of alkyl halides is 1. The van der Waals surface area contributed by atoms with Gasteiger partial charge in [-0.3, -0.25) is 0 Å². The van der Waals surface area contributed by atoms with Gasteiger partial charge in [0.05, 0.1) is 10.2 Å². The third-order valence-corrected chi connectivity index (χ3v) is 3.74. The van der Waals surface area contributed by atoms with Crippen molar-refractivity contribution < 1.29 is 4.74 Å². The van der Waals surface area contributed by atoms with E-state index in [4.69, 9.17) is 39.5 Å². The molecule has 0 saturated heterocycles. The first kappa shape index (κ1) is 13.9. The standard InChI is InChI=1S/C13H9Cl3OS/c14-8-18-11-4-2-10(3-5-11)17-13-6-1-9(15)7-12(13)16/h1-7H,8H2. The summed E-state index contributed by atoms with van der Waals surface area (Å²) in [5.74, 6) is 1.30. The molecule has 2 aromatic rings. The highest BCUT2D eigenvalue weighted by Crippen LogP contribution is 2.32. The molecule has 0 amide bonds. The SMILES string of the molecule is ClCSc1ccc(Oc2ccc(Cl)cc2Cl)cc1. The number of benzene rings is 2. The lowest BCUT2D eigenvalue weighted by molar-refractivity contribution is 0.482. The Morgan fingerprint density at radius 3 is 2.33 bits per heavy atom. The van der Waals surface area contributed by atoms with Gasteiger partial charge < -0.3 is 4.74 Å². The Hall–Kier alpha value is -0.540. The summed E-state index contributed by atoms with van der Waals surface area (Å²) in [6, 6.07) is 12.8. The second-order valence-electron chi connectivity index (χ2n) is 3.40. The van der Waals surface area contributed by atoms with Gasteiger partial charge in [0.15, 0.2) is 0 Å². The van der Waals surface area contributed by atoms with Crippen LogP contribution in [0.1, 0.15) is 0 Å². The van der Waals surface area contributed by atoms with E-state index < -0.39 is 0 Å². The van der Waals surface area contributed by atoms with Crippen LogP contribution in [-0.4, -0.2) is 5.21 Å². The first-order chi connectivity index (χ1) is 8.69. The lowest BCUT2D eigenvalue weighted by atomic mass is 10.3. The second kappa shape index (κ2) is 6.58. The summed E-state index contributed by atoms with van der Waals surface area (Å²) in [6.07, 6.45) is 0. The molecule has 0 bridgehead atoms. The van der Waals surface area contributed by atoms with Crippen LogP contribution in [0.5, 0.6) is 11.5 Å². The fourth-order valence-corrected chi connectivity index (χ4v) is 2.63. The van der Waals surface area contributed by atoms with Crippen molar-refractivity contribution >= 4 is 46.6 Å². The van der Waals surface area contributed by atoms with Gasteiger partial charge in [-0.05, 0) is 42.5 Å². The summed E-state index contributed by atoms with van der Waals surface area (Å²) in [5.41, 5.74) is 0. The first-order valence-electron chi connectivity index (χ1n) is 5.11. The molecule has 2 aromatic carbocycles. The molecule has 0 unspecified atom stereocenters. The monoisotopic (exact) mass is 318 g/mol. The molecule has 0 aliphatic carbocycles. The Labute approximate surface area is 125 Å². The van der Waals surface area contributed by atoms with Crippen LogP contribution in [0.3, 0.4) is 0 Å². The summed E-state index contributed by atoms with van der Waals surface area (Å²) in [7, 11) is 0. The Balaban J connectivity index is 2.13. The number of ether oxygens (including phenoxy) is 1. The van der Waals surface area contributed by atoms with Gasteiger partial charge in [-0.2, -0.15) is 0 Å². The Bertz CT molecular complexity index is 528. The predicted molar refractivity (Wildman–Crippen MR) is 79.6 cm³/mol. The van der Waals surface area contributed by atoms with E-state index in [1.165, 1.54) is 0 Å². The van der Waals surface area contributed by atoms with Gasteiger partial charge in [-0.1, -0.05) is 23.2 Å². The van der Waals surface area contributed by atoms with Crippen LogP contribution >= 0.6 is 46.6 Å². The number of hydrogen-bond acceptors (Lipinski definition) is 2. The third-order valence-electron chi connectivity index (χ3n) is 2.17. The van der Waals surface area contributed by atoms with Crippen LogP contribution in [0, 0.1) is 0 Å². The molecule has 94 valence electrons. The van der Waals surface area contributed by atoms with Crippen molar-refractivity contribution in [2.45, 2.75) is 4.90 Å². The summed E-state index contributed by atoms with van der Waals surface area (Å²) in [6.45, 7) is 0. The maximum atomic E-state index is 6.03. The van der Waals surface area contributed by atoms with Gasteiger partial charge in [0.1, 0.15) is 11.5 Å². The van der Waals surface area contributed by atoms with Crippen LogP contribution in [-0.2, 0) is 0 Å². The van der Waals surface area contributed by atoms with Gasteiger partial charge in [-0.15, -0.1) is 23.4 Å². The molecule has 0 radical (unpaired) electrons. The quantitative estimate of drug-likeness (QED) is 0.499. The lowest BCUT2D eigenvalue weighted by Gasteiger charge is -2.08. The van der Waals surface area contributed by atoms with Crippen LogP contribution in [0.2, 0.25) is 10.0 Å². The number of hydrogen-bond donors (Lipinski definition) is 0. The second-order valence-corrected chi connectivity index (χ2v) is 5.88. The molecule has 0 spiro atoms. The molecule has 18 heavy (non-hydrogen) atoms. The first-order valence-corrected chi connectivity index (χ1v) is 7.38. The highest BCUT2D eigenvalue weighted by Gasteiger charge is 2.04. The largest absolute Gasteiger partial charge is 0.456 e. The molecule has 2 rings (SSSR count). The van der Waals surface area contributed by atoms with Crippen LogP contribution in [0.4, 0.5) is 0 Å². The van der Waals surface area contributed by atoms with Crippen molar-refractivity contribution in [3.8, 4) is 11.5 Å². The van der Waals surface area contributed by atoms with Gasteiger partial charge in [0.2, 0.25) is 0 Å². The molecule has 0 N–H and O–H groups in total. The molecule has 5 heteroatoms. The summed E-state index contributed by atoms with van der Waals surface area (Å²) in [5, 5.41) is 1.60. The minimum atomic E-state index is 0.488. The van der Waals surface area contributed by atoms with Crippen molar-refractivity contribution in [3.05, 3.63) is 52.5 Å². The number of rotatable bonds is 4. The van der Waals surface area contributed by atoms with Crippen LogP contribution in [0.25, 0.3) is 0 Å². The van der Waals surface area contributed by atoms with Crippen molar-refractivity contribution in [3.63, 3.8) is 0 Å². The van der Waals surface area contributed by atoms with E-state index in [2.05, 4.69) is 0 Å². The summed E-state index contributed by atoms with van der Waals surface area (Å²) < 4.78 is 5.66. The Kier molecular flexibility index (Phi) is 5.07. The third kappa shape index (κ3) is 3.72. The molecule has 0 fully saturated rings. The van der Waals surface area contributed by atoms with Gasteiger partial charge in [0, 0.05) is 9.92 Å². The van der Waals surface area contributed by atoms with E-state index in [0.717, 1.165) is 10.6 Å². The van der Waals surface area contributed by atoms with Crippen LogP contribution < -0.4 is 4.74 Å². The molecular weight excluding hydrogens is 311 g/mol. The maximum Gasteiger partial charge on any atom is 0.146 e. The molecule has 1 nitrogen and oxygen atoms in total.